The second-order valence-electron chi connectivity index (χ2n) is 18.6. The number of nitrogens with zero attached hydrogens (tertiary/aromatic N) is 4. The summed E-state index contributed by atoms with van der Waals surface area (Å²) in [5, 5.41) is 41.0. The highest BCUT2D eigenvalue weighted by Gasteiger charge is 2.43. The van der Waals surface area contributed by atoms with Crippen LogP contribution in [0.4, 0.5) is 11.5 Å². The van der Waals surface area contributed by atoms with Crippen LogP contribution in [0.5, 0.6) is 5.75 Å². The molecule has 0 radical (unpaired) electrons. The number of anilines is 2. The Hall–Kier alpha value is -5.47. The van der Waals surface area contributed by atoms with Gasteiger partial charge in [0.1, 0.15) is 11.8 Å². The SMILES string of the molecule is C=C(NCc1ccc(-c2sccc2C)cc1)[C@H]1C[C@H](O)CN1C(=O)[C@H](NC(=O)CCCCCCCCCC(=O)NC1CCN(c2cc(-c3ccccc3O)nnc2N)CC1)C(C)(C)C. The number of aliphatic hydroxyl groups excluding tert-OH is 1. The van der Waals surface area contributed by atoms with E-state index in [1.807, 2.05) is 32.9 Å². The number of unbranched alkanes of at least 4 members (excludes halogenated alkanes) is 6. The number of phenols is 1. The number of hydrogen-bond donors (Lipinski definition) is 6. The Kier molecular flexibility index (Phi) is 16.8. The summed E-state index contributed by atoms with van der Waals surface area (Å²) >= 11 is 1.73. The maximum atomic E-state index is 14.1. The number of thiophene rings is 1. The quantitative estimate of drug-likeness (QED) is 0.0478. The van der Waals surface area contributed by atoms with Crippen LogP contribution in [0, 0.1) is 12.3 Å². The van der Waals surface area contributed by atoms with Crippen LogP contribution in [0.15, 0.2) is 78.3 Å². The van der Waals surface area contributed by atoms with Gasteiger partial charge in [-0.1, -0.05) is 95.9 Å². The van der Waals surface area contributed by atoms with Crippen molar-refractivity contribution in [2.75, 3.05) is 30.3 Å². The molecule has 2 fully saturated rings. The number of piperidine rings is 1. The summed E-state index contributed by atoms with van der Waals surface area (Å²) in [7, 11) is 0. The summed E-state index contributed by atoms with van der Waals surface area (Å²) in [5.74, 6) is 0.219. The average molecular weight is 893 g/mol. The zero-order chi connectivity index (χ0) is 45.8. The molecule has 0 saturated carbocycles. The van der Waals surface area contributed by atoms with Gasteiger partial charge in [-0.3, -0.25) is 14.4 Å². The van der Waals surface area contributed by atoms with Crippen molar-refractivity contribution in [3.05, 3.63) is 89.4 Å². The van der Waals surface area contributed by atoms with Crippen LogP contribution < -0.4 is 26.6 Å². The standard InChI is InChI=1S/C50H68N8O5S/c1-33-25-28-64-46(33)36-21-19-35(20-22-36)31-52-34(2)41-29-38(59)32-58(41)49(63)47(50(3,4)5)54-45(62)18-12-10-8-6-7-9-11-17-44(61)53-37-23-26-57(27-24-37)42-30-40(55-56-48(42)51)39-15-13-14-16-43(39)60/h13-16,19-22,25,28,30,37-38,41,47,52,59-60H,2,6-12,17-18,23-24,26-27,29,31-32H2,1,3-5H3,(H2,51,56)(H,53,61)(H,54,62)/t38-,41+,47-/m0/s1. The van der Waals surface area contributed by atoms with Crippen LogP contribution in [0.3, 0.4) is 0 Å². The molecule has 0 bridgehead atoms. The first-order chi connectivity index (χ1) is 30.7. The molecule has 0 unspecified atom stereocenters. The number of β-amino-alcohol motifs (C(OH)–C–C–N with tert-alkyl or cyclic N) is 1. The summed E-state index contributed by atoms with van der Waals surface area (Å²) < 4.78 is 0. The third kappa shape index (κ3) is 13.1. The summed E-state index contributed by atoms with van der Waals surface area (Å²) in [6, 6.07) is 18.4. The second kappa shape index (κ2) is 22.4. The van der Waals surface area contributed by atoms with Crippen molar-refractivity contribution in [3.8, 4) is 27.4 Å². The zero-order valence-electron chi connectivity index (χ0n) is 38.1. The molecule has 2 aliphatic rings. The van der Waals surface area contributed by atoms with E-state index < -0.39 is 17.6 Å². The molecule has 0 spiro atoms. The van der Waals surface area contributed by atoms with E-state index in [-0.39, 0.29) is 42.1 Å². The van der Waals surface area contributed by atoms with Gasteiger partial charge in [-0.05, 0) is 84.4 Å². The predicted octanol–water partition coefficient (Wildman–Crippen LogP) is 7.86. The number of phenolic OH excluding ortho intramolecular Hbond substituents is 1. The van der Waals surface area contributed by atoms with Crippen LogP contribution in [0.25, 0.3) is 21.7 Å². The van der Waals surface area contributed by atoms with Gasteiger partial charge < -0.3 is 41.7 Å². The van der Waals surface area contributed by atoms with Crippen molar-refractivity contribution in [3.63, 3.8) is 0 Å². The van der Waals surface area contributed by atoms with E-state index in [0.29, 0.717) is 48.6 Å². The molecule has 4 aromatic rings. The molecule has 0 aliphatic carbocycles. The third-order valence-electron chi connectivity index (χ3n) is 12.5. The molecule has 6 rings (SSSR count). The molecular weight excluding hydrogens is 825 g/mol. The Morgan fingerprint density at radius 1 is 0.922 bits per heavy atom. The van der Waals surface area contributed by atoms with Gasteiger partial charge in [0, 0.05) is 67.6 Å². The Bertz CT molecular complexity index is 2200. The number of nitrogen functional groups attached to an aromatic ring is 1. The van der Waals surface area contributed by atoms with E-state index in [9.17, 15) is 24.6 Å². The molecule has 3 amide bonds. The number of carbonyl (C=O) groups excluding carboxylic acids is 3. The molecule has 4 heterocycles. The highest BCUT2D eigenvalue weighted by atomic mass is 32.1. The minimum absolute atomic E-state index is 0.0864. The van der Waals surface area contributed by atoms with Crippen molar-refractivity contribution in [2.24, 2.45) is 5.41 Å². The molecule has 3 atom stereocenters. The highest BCUT2D eigenvalue weighted by molar-refractivity contribution is 7.13. The number of carbonyl (C=O) groups is 3. The molecule has 64 heavy (non-hydrogen) atoms. The van der Waals surface area contributed by atoms with Crippen molar-refractivity contribution in [1.29, 1.82) is 0 Å². The van der Waals surface area contributed by atoms with E-state index in [0.717, 1.165) is 82.1 Å². The van der Waals surface area contributed by atoms with Gasteiger partial charge in [0.15, 0.2) is 5.82 Å². The molecule has 2 saturated heterocycles. The van der Waals surface area contributed by atoms with Crippen LogP contribution in [0.1, 0.15) is 109 Å². The number of aromatic nitrogens is 2. The largest absolute Gasteiger partial charge is 0.507 e. The topological polar surface area (TPSA) is 186 Å². The lowest BCUT2D eigenvalue weighted by molar-refractivity contribution is -0.140. The summed E-state index contributed by atoms with van der Waals surface area (Å²) in [6.45, 7) is 14.4. The predicted molar refractivity (Wildman–Crippen MR) is 256 cm³/mol. The average Bonchev–Trinajstić information content (AvgIpc) is 3.89. The Labute approximate surface area is 382 Å². The van der Waals surface area contributed by atoms with Crippen molar-refractivity contribution in [1.82, 2.24) is 31.0 Å². The van der Waals surface area contributed by atoms with Gasteiger partial charge in [-0.15, -0.1) is 21.5 Å². The number of benzene rings is 2. The van der Waals surface area contributed by atoms with Gasteiger partial charge in [0.2, 0.25) is 17.7 Å². The molecule has 2 aromatic carbocycles. The number of rotatable bonds is 20. The number of para-hydroxylation sites is 1. The molecule has 13 nitrogen and oxygen atoms in total. The molecular formula is C50H68N8O5S. The second-order valence-corrected chi connectivity index (χ2v) is 19.5. The molecule has 2 aromatic heterocycles. The van der Waals surface area contributed by atoms with Gasteiger partial charge in [0.25, 0.3) is 0 Å². The van der Waals surface area contributed by atoms with Gasteiger partial charge in [-0.2, -0.15) is 0 Å². The van der Waals surface area contributed by atoms with Crippen LogP contribution in [0.2, 0.25) is 0 Å². The lowest BCUT2D eigenvalue weighted by atomic mass is 9.85. The van der Waals surface area contributed by atoms with Crippen molar-refractivity contribution < 1.29 is 24.6 Å². The number of aliphatic hydroxyl groups is 1. The van der Waals surface area contributed by atoms with E-state index in [1.54, 1.807) is 34.4 Å². The van der Waals surface area contributed by atoms with Crippen LogP contribution in [-0.2, 0) is 20.9 Å². The number of likely N-dealkylation sites (tertiary alicyclic amines) is 1. The Morgan fingerprint density at radius 2 is 1.58 bits per heavy atom. The zero-order valence-corrected chi connectivity index (χ0v) is 38.9. The Morgan fingerprint density at radius 3 is 2.22 bits per heavy atom. The number of hydrogen-bond acceptors (Lipinski definition) is 11. The highest BCUT2D eigenvalue weighted by Crippen LogP contribution is 2.33. The summed E-state index contributed by atoms with van der Waals surface area (Å²) in [5.41, 5.74) is 11.8. The fraction of sp³-hybridized carbons (Fsp3) is 0.500. The van der Waals surface area contributed by atoms with Gasteiger partial charge in [0.05, 0.1) is 23.5 Å². The molecule has 344 valence electrons. The fourth-order valence-corrected chi connectivity index (χ4v) is 9.63. The van der Waals surface area contributed by atoms with Gasteiger partial charge >= 0.3 is 0 Å². The fourth-order valence-electron chi connectivity index (χ4n) is 8.70. The smallest absolute Gasteiger partial charge is 0.246 e. The van der Waals surface area contributed by atoms with E-state index >= 15 is 0 Å². The first-order valence-electron chi connectivity index (χ1n) is 23.0. The number of amides is 3. The lowest BCUT2D eigenvalue weighted by Gasteiger charge is -2.36. The Balaban J connectivity index is 0.840. The maximum Gasteiger partial charge on any atom is 0.246 e. The number of aromatic hydroxyl groups is 1. The van der Waals surface area contributed by atoms with Crippen molar-refractivity contribution >= 4 is 40.6 Å². The normalized spacial score (nSPS) is 17.3. The maximum absolute atomic E-state index is 14.1. The summed E-state index contributed by atoms with van der Waals surface area (Å²) in [4.78, 5) is 45.2. The minimum Gasteiger partial charge on any atom is -0.507 e. The first kappa shape index (κ1) is 48.0. The van der Waals surface area contributed by atoms with Gasteiger partial charge in [-0.25, -0.2) is 0 Å². The number of aryl methyl sites for hydroxylation is 1. The monoisotopic (exact) mass is 893 g/mol. The summed E-state index contributed by atoms with van der Waals surface area (Å²) in [6.07, 6.45) is 8.72. The number of nitrogens with one attached hydrogen (secondary N) is 3. The molecule has 7 N–H and O–H groups in total. The van der Waals surface area contributed by atoms with Crippen LogP contribution >= 0.6 is 11.3 Å². The molecule has 14 heteroatoms. The minimum atomic E-state index is -0.742. The van der Waals surface area contributed by atoms with E-state index in [1.165, 1.54) is 16.0 Å². The van der Waals surface area contributed by atoms with Crippen molar-refractivity contribution in [2.45, 2.75) is 136 Å². The lowest BCUT2D eigenvalue weighted by Crippen LogP contribution is -2.56. The third-order valence-corrected chi connectivity index (χ3v) is 13.5. The first-order valence-corrected chi connectivity index (χ1v) is 23.9. The molecule has 2 aliphatic heterocycles. The van der Waals surface area contributed by atoms with E-state index in [2.05, 4.69) is 80.3 Å². The number of nitrogens with two attached hydrogens (primary N) is 1. The van der Waals surface area contributed by atoms with Crippen LogP contribution in [-0.4, -0.2) is 86.9 Å². The van der Waals surface area contributed by atoms with E-state index in [4.69, 9.17) is 5.73 Å².